The van der Waals surface area contributed by atoms with Crippen molar-refractivity contribution in [2.24, 2.45) is 23.2 Å². The first-order valence-corrected chi connectivity index (χ1v) is 14.9. The van der Waals surface area contributed by atoms with Crippen molar-refractivity contribution >= 4 is 34.6 Å². The second-order valence-corrected chi connectivity index (χ2v) is 11.7. The normalized spacial score (nSPS) is 21.2. The molecule has 3 aliphatic heterocycles. The molecule has 2 fully saturated rings. The number of nitrogens with zero attached hydrogens (tertiary/aromatic N) is 7. The zero-order valence-corrected chi connectivity index (χ0v) is 24.9. The van der Waals surface area contributed by atoms with Crippen LogP contribution in [0.15, 0.2) is 59.9 Å². The monoisotopic (exact) mass is 581 g/mol. The van der Waals surface area contributed by atoms with Gasteiger partial charge in [0.15, 0.2) is 5.82 Å². The summed E-state index contributed by atoms with van der Waals surface area (Å²) in [6, 6.07) is 13.8. The molecule has 4 heterocycles. The van der Waals surface area contributed by atoms with Gasteiger partial charge in [0.05, 0.1) is 12.0 Å². The second-order valence-electron chi connectivity index (χ2n) is 11.7. The first kappa shape index (κ1) is 28.6. The van der Waals surface area contributed by atoms with Crippen molar-refractivity contribution in [1.29, 1.82) is 0 Å². The van der Waals surface area contributed by atoms with Crippen LogP contribution in [-0.2, 0) is 16.6 Å². The Morgan fingerprint density at radius 3 is 2.53 bits per heavy atom. The van der Waals surface area contributed by atoms with E-state index in [1.807, 2.05) is 48.0 Å². The smallest absolute Gasteiger partial charge is 0.237 e. The fraction of sp³-hybridized carbons (Fsp3) is 0.406. The molecule has 1 aromatic heterocycles. The van der Waals surface area contributed by atoms with E-state index in [0.717, 1.165) is 42.6 Å². The standard InChI is InChI=1S/C32H39N9O2/c1-3-35-29(34)26-18-25(8-9-27(26)33)41-17-13-32(31(41)43)12-16-39(20-32)19-28(42)40-14-10-23(11-15-40)22-4-6-24(7-5-22)30-36-21-38(2)37-30/h4-10,18,21H,3,11-17,19-20,33H2,1-2H3,(H2,34,35)/t32-/m0/s1. The van der Waals surface area contributed by atoms with Crippen molar-refractivity contribution in [3.8, 4) is 11.4 Å². The van der Waals surface area contributed by atoms with E-state index in [1.165, 1.54) is 5.57 Å². The first-order valence-electron chi connectivity index (χ1n) is 14.9. The molecule has 11 heteroatoms. The molecule has 4 N–H and O–H groups in total. The molecule has 2 saturated heterocycles. The number of carbonyl (C=O) groups excluding carboxylic acids is 2. The number of aryl methyl sites for hydroxylation is 1. The molecule has 224 valence electrons. The number of nitrogen functional groups attached to an aromatic ring is 1. The van der Waals surface area contributed by atoms with E-state index in [9.17, 15) is 9.59 Å². The fourth-order valence-electron chi connectivity index (χ4n) is 6.48. The maximum absolute atomic E-state index is 13.7. The van der Waals surface area contributed by atoms with E-state index in [0.29, 0.717) is 62.2 Å². The highest BCUT2D eigenvalue weighted by Gasteiger charge is 2.51. The van der Waals surface area contributed by atoms with Crippen LogP contribution in [0, 0.1) is 5.41 Å². The summed E-state index contributed by atoms with van der Waals surface area (Å²) in [6.45, 7) is 6.05. The van der Waals surface area contributed by atoms with Gasteiger partial charge in [-0.3, -0.25) is 24.2 Å². The molecule has 2 amide bonds. The van der Waals surface area contributed by atoms with Crippen LogP contribution in [0.1, 0.15) is 37.3 Å². The molecule has 2 aromatic carbocycles. The van der Waals surface area contributed by atoms with Gasteiger partial charge in [-0.05, 0) is 62.1 Å². The van der Waals surface area contributed by atoms with Crippen molar-refractivity contribution in [3.05, 3.63) is 66.0 Å². The van der Waals surface area contributed by atoms with Gasteiger partial charge in [0.2, 0.25) is 11.8 Å². The van der Waals surface area contributed by atoms with Crippen LogP contribution in [0.25, 0.3) is 17.0 Å². The summed E-state index contributed by atoms with van der Waals surface area (Å²) in [4.78, 5) is 41.5. The molecule has 43 heavy (non-hydrogen) atoms. The van der Waals surface area contributed by atoms with Gasteiger partial charge in [-0.15, -0.1) is 0 Å². The summed E-state index contributed by atoms with van der Waals surface area (Å²) >= 11 is 0. The largest absolute Gasteiger partial charge is 0.398 e. The number of carbonyl (C=O) groups is 2. The number of rotatable bonds is 7. The fourth-order valence-corrected chi connectivity index (χ4v) is 6.48. The van der Waals surface area contributed by atoms with Gasteiger partial charge in [-0.2, -0.15) is 5.10 Å². The number of amidine groups is 1. The zero-order chi connectivity index (χ0) is 30.1. The number of aromatic nitrogens is 3. The lowest BCUT2D eigenvalue weighted by molar-refractivity contribution is -0.132. The van der Waals surface area contributed by atoms with Gasteiger partial charge >= 0.3 is 0 Å². The molecular weight excluding hydrogens is 542 g/mol. The number of benzene rings is 2. The predicted octanol–water partition coefficient (Wildman–Crippen LogP) is 2.53. The molecule has 11 nitrogen and oxygen atoms in total. The lowest BCUT2D eigenvalue weighted by atomic mass is 9.85. The summed E-state index contributed by atoms with van der Waals surface area (Å²) in [5.74, 6) is 1.31. The van der Waals surface area contributed by atoms with Crippen LogP contribution in [0.4, 0.5) is 11.4 Å². The molecule has 3 aliphatic rings. The molecule has 0 radical (unpaired) electrons. The van der Waals surface area contributed by atoms with Crippen LogP contribution in [0.5, 0.6) is 0 Å². The van der Waals surface area contributed by atoms with Crippen LogP contribution in [0.2, 0.25) is 0 Å². The van der Waals surface area contributed by atoms with E-state index in [1.54, 1.807) is 17.1 Å². The zero-order valence-electron chi connectivity index (χ0n) is 24.9. The highest BCUT2D eigenvalue weighted by atomic mass is 16.2. The summed E-state index contributed by atoms with van der Waals surface area (Å²) in [5, 5.41) is 4.37. The molecule has 0 saturated carbocycles. The third-order valence-corrected chi connectivity index (χ3v) is 8.93. The number of likely N-dealkylation sites (tertiary alicyclic amines) is 1. The van der Waals surface area contributed by atoms with Gasteiger partial charge in [0.25, 0.3) is 0 Å². The van der Waals surface area contributed by atoms with Crippen LogP contribution in [0.3, 0.4) is 0 Å². The van der Waals surface area contributed by atoms with E-state index in [4.69, 9.17) is 11.5 Å². The molecule has 3 aromatic rings. The number of hydrogen-bond donors (Lipinski definition) is 2. The minimum absolute atomic E-state index is 0.111. The number of amides is 2. The lowest BCUT2D eigenvalue weighted by Gasteiger charge is -2.29. The maximum atomic E-state index is 13.7. The van der Waals surface area contributed by atoms with Crippen molar-refractivity contribution in [3.63, 3.8) is 0 Å². The third-order valence-electron chi connectivity index (χ3n) is 8.93. The Bertz CT molecular complexity index is 1590. The average Bonchev–Trinajstić information content (AvgIpc) is 3.73. The molecule has 0 aliphatic carbocycles. The Labute approximate surface area is 251 Å². The van der Waals surface area contributed by atoms with Crippen LogP contribution in [-0.4, -0.2) is 88.0 Å². The molecule has 0 unspecified atom stereocenters. The summed E-state index contributed by atoms with van der Waals surface area (Å²) < 4.78 is 1.69. The Morgan fingerprint density at radius 2 is 1.84 bits per heavy atom. The van der Waals surface area contributed by atoms with Crippen molar-refractivity contribution in [2.45, 2.75) is 26.2 Å². The minimum Gasteiger partial charge on any atom is -0.398 e. The van der Waals surface area contributed by atoms with E-state index in [2.05, 4.69) is 38.2 Å². The maximum Gasteiger partial charge on any atom is 0.237 e. The Morgan fingerprint density at radius 1 is 1.07 bits per heavy atom. The average molecular weight is 582 g/mol. The summed E-state index contributed by atoms with van der Waals surface area (Å²) in [5.41, 5.74) is 17.2. The van der Waals surface area contributed by atoms with Gasteiger partial charge in [-0.25, -0.2) is 4.98 Å². The van der Waals surface area contributed by atoms with Crippen molar-refractivity contribution < 1.29 is 9.59 Å². The summed E-state index contributed by atoms with van der Waals surface area (Å²) in [7, 11) is 1.86. The van der Waals surface area contributed by atoms with E-state index >= 15 is 0 Å². The van der Waals surface area contributed by atoms with Crippen molar-refractivity contribution in [2.75, 3.05) is 56.4 Å². The molecule has 1 atom stereocenters. The predicted molar refractivity (Wildman–Crippen MR) is 168 cm³/mol. The highest BCUT2D eigenvalue weighted by molar-refractivity contribution is 6.05. The van der Waals surface area contributed by atoms with Crippen LogP contribution >= 0.6 is 0 Å². The topological polar surface area (TPSA) is 139 Å². The number of nitrogens with two attached hydrogens (primary N) is 2. The van der Waals surface area contributed by atoms with Crippen LogP contribution < -0.4 is 16.4 Å². The van der Waals surface area contributed by atoms with Gasteiger partial charge in [0.1, 0.15) is 12.2 Å². The minimum atomic E-state index is -0.462. The number of anilines is 2. The van der Waals surface area contributed by atoms with Gasteiger partial charge < -0.3 is 21.3 Å². The molecule has 6 rings (SSSR count). The first-order chi connectivity index (χ1) is 20.8. The van der Waals surface area contributed by atoms with Gasteiger partial charge in [-0.1, -0.05) is 30.3 Å². The molecule has 0 bridgehead atoms. The Balaban J connectivity index is 1.05. The van der Waals surface area contributed by atoms with Crippen molar-refractivity contribution in [1.82, 2.24) is 24.6 Å². The number of hydrogen-bond acceptors (Lipinski definition) is 7. The second kappa shape index (κ2) is 11.6. The van der Waals surface area contributed by atoms with E-state index < -0.39 is 5.41 Å². The summed E-state index contributed by atoms with van der Waals surface area (Å²) in [6.07, 6.45) is 6.17. The quantitative estimate of drug-likeness (QED) is 0.248. The van der Waals surface area contributed by atoms with Gasteiger partial charge in [0, 0.05) is 62.3 Å². The highest BCUT2D eigenvalue weighted by Crippen LogP contribution is 2.42. The number of aliphatic imine (C=N–C) groups is 1. The third kappa shape index (κ3) is 5.64. The SMILES string of the molecule is CCN=C(N)c1cc(N2CC[C@]3(CCN(CC(=O)N4CC=C(c5ccc(-c6ncn(C)n6)cc5)CC4)C3)C2=O)ccc1N. The van der Waals surface area contributed by atoms with E-state index in [-0.39, 0.29) is 11.8 Å². The molecular formula is C32H39N9O2. The Kier molecular flexibility index (Phi) is 7.74. The molecule has 1 spiro atoms. The lowest BCUT2D eigenvalue weighted by Crippen LogP contribution is -2.43. The Hall–Kier alpha value is -4.51.